The lowest BCUT2D eigenvalue weighted by Gasteiger charge is -2.06. The van der Waals surface area contributed by atoms with Crippen LogP contribution in [0.15, 0.2) is 35.1 Å². The lowest BCUT2D eigenvalue weighted by molar-refractivity contribution is -0.385. The number of nitrogens with two attached hydrogens (primary N) is 1. The summed E-state index contributed by atoms with van der Waals surface area (Å²) in [7, 11) is 0. The molecule has 0 aliphatic carbocycles. The van der Waals surface area contributed by atoms with Gasteiger partial charge in [-0.1, -0.05) is 6.07 Å². The highest BCUT2D eigenvalue weighted by Crippen LogP contribution is 2.35. The lowest BCUT2D eigenvalue weighted by atomic mass is 10.3. The number of benzene rings is 1. The van der Waals surface area contributed by atoms with Crippen LogP contribution in [0.2, 0.25) is 0 Å². The van der Waals surface area contributed by atoms with Crippen molar-refractivity contribution in [3.63, 3.8) is 0 Å². The Hall–Kier alpha value is -2.22. The van der Waals surface area contributed by atoms with E-state index in [2.05, 4.69) is 25.9 Å². The number of hydrogen-bond acceptors (Lipinski definition) is 6. The van der Waals surface area contributed by atoms with Gasteiger partial charge in [0.15, 0.2) is 5.75 Å². The molecule has 2 aromatic rings. The third-order valence-corrected chi connectivity index (χ3v) is 2.78. The maximum absolute atomic E-state index is 10.8. The lowest BCUT2D eigenvalue weighted by Crippen LogP contribution is -1.96. The first-order chi connectivity index (χ1) is 8.58. The third-order valence-electron chi connectivity index (χ3n) is 1.99. The molecule has 0 saturated heterocycles. The van der Waals surface area contributed by atoms with E-state index in [1.165, 1.54) is 24.5 Å². The van der Waals surface area contributed by atoms with Gasteiger partial charge in [0.2, 0.25) is 5.88 Å². The molecule has 1 heterocycles. The number of nitrogen functional groups attached to an aromatic ring is 1. The zero-order chi connectivity index (χ0) is 13.1. The van der Waals surface area contributed by atoms with Crippen LogP contribution in [0.1, 0.15) is 0 Å². The van der Waals surface area contributed by atoms with Gasteiger partial charge >= 0.3 is 0 Å². The van der Waals surface area contributed by atoms with Gasteiger partial charge in [-0.15, -0.1) is 0 Å². The normalized spacial score (nSPS) is 10.1. The monoisotopic (exact) mass is 310 g/mol. The maximum atomic E-state index is 10.8. The smallest absolute Gasteiger partial charge is 0.287 e. The van der Waals surface area contributed by atoms with Gasteiger partial charge in [0.25, 0.3) is 5.69 Å². The minimum absolute atomic E-state index is 0.0932. The van der Waals surface area contributed by atoms with Crippen molar-refractivity contribution in [2.45, 2.75) is 0 Å². The molecule has 0 saturated carbocycles. The molecule has 2 N–H and O–H groups in total. The second-order valence-electron chi connectivity index (χ2n) is 3.23. The average molecular weight is 311 g/mol. The van der Waals surface area contributed by atoms with Crippen LogP contribution in [-0.2, 0) is 0 Å². The Morgan fingerprint density at radius 1 is 1.39 bits per heavy atom. The molecular weight excluding hydrogens is 304 g/mol. The number of halogens is 1. The van der Waals surface area contributed by atoms with Crippen LogP contribution in [0.4, 0.5) is 11.5 Å². The molecule has 0 spiro atoms. The molecular formula is C10H7BrN4O3. The summed E-state index contributed by atoms with van der Waals surface area (Å²) in [6, 6.07) is 4.45. The first kappa shape index (κ1) is 12.2. The molecule has 0 amide bonds. The molecule has 1 aromatic heterocycles. The van der Waals surface area contributed by atoms with Gasteiger partial charge in [-0.05, 0) is 22.0 Å². The van der Waals surface area contributed by atoms with Gasteiger partial charge in [-0.3, -0.25) is 15.1 Å². The topological polar surface area (TPSA) is 104 Å². The van der Waals surface area contributed by atoms with Gasteiger partial charge in [0.1, 0.15) is 10.3 Å². The van der Waals surface area contributed by atoms with Crippen LogP contribution in [0, 0.1) is 10.1 Å². The number of aromatic nitrogens is 2. The second-order valence-corrected chi connectivity index (χ2v) is 4.02. The van der Waals surface area contributed by atoms with Crippen LogP contribution < -0.4 is 10.5 Å². The molecule has 0 aliphatic heterocycles. The van der Waals surface area contributed by atoms with Crippen molar-refractivity contribution in [2.24, 2.45) is 0 Å². The molecule has 7 nitrogen and oxygen atoms in total. The van der Waals surface area contributed by atoms with Gasteiger partial charge < -0.3 is 10.5 Å². The minimum atomic E-state index is -0.512. The van der Waals surface area contributed by atoms with Crippen molar-refractivity contribution in [3.8, 4) is 11.6 Å². The summed E-state index contributed by atoms with van der Waals surface area (Å²) in [5.74, 6) is 0.634. The van der Waals surface area contributed by atoms with E-state index in [0.717, 1.165) is 0 Å². The van der Waals surface area contributed by atoms with Crippen LogP contribution in [-0.4, -0.2) is 14.9 Å². The molecule has 0 radical (unpaired) electrons. The minimum Gasteiger partial charge on any atom is -0.436 e. The largest absolute Gasteiger partial charge is 0.436 e. The first-order valence-electron chi connectivity index (χ1n) is 4.76. The highest BCUT2D eigenvalue weighted by Gasteiger charge is 2.16. The van der Waals surface area contributed by atoms with E-state index in [-0.39, 0.29) is 27.6 Å². The molecule has 2 rings (SSSR count). The van der Waals surface area contributed by atoms with Crippen molar-refractivity contribution in [1.82, 2.24) is 9.97 Å². The summed E-state index contributed by atoms with van der Waals surface area (Å²) in [5, 5.41) is 10.8. The summed E-state index contributed by atoms with van der Waals surface area (Å²) < 4.78 is 5.61. The Labute approximate surface area is 110 Å². The van der Waals surface area contributed by atoms with Crippen molar-refractivity contribution in [1.29, 1.82) is 0 Å². The number of nitrogens with zero attached hydrogens (tertiary/aromatic N) is 3. The SMILES string of the molecule is Nc1cncc(Oc2cccc([N+](=O)[O-])c2Br)n1. The number of nitro benzene ring substituents is 1. The molecule has 0 aliphatic rings. The quantitative estimate of drug-likeness (QED) is 0.690. The van der Waals surface area contributed by atoms with Gasteiger partial charge in [0.05, 0.1) is 17.3 Å². The van der Waals surface area contributed by atoms with E-state index in [4.69, 9.17) is 10.5 Å². The molecule has 0 atom stereocenters. The zero-order valence-corrected chi connectivity index (χ0v) is 10.5. The summed E-state index contributed by atoms with van der Waals surface area (Å²) >= 11 is 3.11. The molecule has 8 heteroatoms. The predicted octanol–water partition coefficient (Wildman–Crippen LogP) is 2.52. The Balaban J connectivity index is 2.35. The van der Waals surface area contributed by atoms with Crippen molar-refractivity contribution in [3.05, 3.63) is 45.2 Å². The average Bonchev–Trinajstić information content (AvgIpc) is 2.31. The summed E-state index contributed by atoms with van der Waals surface area (Å²) in [5.41, 5.74) is 5.36. The molecule has 92 valence electrons. The number of nitro groups is 1. The number of hydrogen-bond donors (Lipinski definition) is 1. The predicted molar refractivity (Wildman–Crippen MR) is 67.3 cm³/mol. The van der Waals surface area contributed by atoms with Crippen molar-refractivity contribution >= 4 is 27.4 Å². The fraction of sp³-hybridized carbons (Fsp3) is 0. The van der Waals surface area contributed by atoms with Crippen LogP contribution >= 0.6 is 15.9 Å². The van der Waals surface area contributed by atoms with E-state index in [1.807, 2.05) is 0 Å². The molecule has 0 unspecified atom stereocenters. The number of anilines is 1. The molecule has 0 fully saturated rings. The van der Waals surface area contributed by atoms with Crippen molar-refractivity contribution < 1.29 is 9.66 Å². The second kappa shape index (κ2) is 4.96. The van der Waals surface area contributed by atoms with Crippen LogP contribution in [0.5, 0.6) is 11.6 Å². The van der Waals surface area contributed by atoms with E-state index in [9.17, 15) is 10.1 Å². The Morgan fingerprint density at radius 2 is 2.17 bits per heavy atom. The van der Waals surface area contributed by atoms with E-state index in [0.29, 0.717) is 0 Å². The Bertz CT molecular complexity index is 605. The Morgan fingerprint density at radius 3 is 2.83 bits per heavy atom. The highest BCUT2D eigenvalue weighted by molar-refractivity contribution is 9.10. The van der Waals surface area contributed by atoms with E-state index >= 15 is 0 Å². The first-order valence-corrected chi connectivity index (χ1v) is 5.55. The summed E-state index contributed by atoms with van der Waals surface area (Å²) in [4.78, 5) is 17.9. The molecule has 18 heavy (non-hydrogen) atoms. The number of rotatable bonds is 3. The Kier molecular flexibility index (Phi) is 3.38. The molecule has 0 bridgehead atoms. The zero-order valence-electron chi connectivity index (χ0n) is 8.91. The van der Waals surface area contributed by atoms with Crippen LogP contribution in [0.3, 0.4) is 0 Å². The fourth-order valence-corrected chi connectivity index (χ4v) is 1.73. The van der Waals surface area contributed by atoms with Gasteiger partial charge in [-0.25, -0.2) is 0 Å². The maximum Gasteiger partial charge on any atom is 0.287 e. The van der Waals surface area contributed by atoms with E-state index < -0.39 is 4.92 Å². The van der Waals surface area contributed by atoms with E-state index in [1.54, 1.807) is 6.07 Å². The van der Waals surface area contributed by atoms with Crippen LogP contribution in [0.25, 0.3) is 0 Å². The highest BCUT2D eigenvalue weighted by atomic mass is 79.9. The van der Waals surface area contributed by atoms with Crippen molar-refractivity contribution in [2.75, 3.05) is 5.73 Å². The molecule has 1 aromatic carbocycles. The third kappa shape index (κ3) is 2.54. The summed E-state index contributed by atoms with van der Waals surface area (Å²) in [6.45, 7) is 0. The fourth-order valence-electron chi connectivity index (χ4n) is 1.24. The standard InChI is InChI=1S/C10H7BrN4O3/c11-10-6(15(16)17)2-1-3-7(10)18-9-5-13-4-8(12)14-9/h1-5H,(H2,12,14). The number of ether oxygens (including phenoxy) is 1. The van der Waals surface area contributed by atoms with Gasteiger partial charge in [0, 0.05) is 6.07 Å². The summed E-state index contributed by atoms with van der Waals surface area (Å²) in [6.07, 6.45) is 2.73. The van der Waals surface area contributed by atoms with Gasteiger partial charge in [-0.2, -0.15) is 4.98 Å².